The molecule has 3 rings (SSSR count). The maximum Gasteiger partial charge on any atom is 0.475 e. The molecule has 2 fully saturated rings. The van der Waals surface area contributed by atoms with E-state index in [1.807, 2.05) is 20.8 Å². The Hall–Kier alpha value is -0.940. The van der Waals surface area contributed by atoms with Gasteiger partial charge in [-0.1, -0.05) is 32.5 Å². The molecule has 30 heavy (non-hydrogen) atoms. The minimum absolute atomic E-state index is 0.0124. The van der Waals surface area contributed by atoms with Gasteiger partial charge in [-0.25, -0.2) is 9.36 Å². The Morgan fingerprint density at radius 1 is 1.47 bits per heavy atom. The molecule has 0 radical (unpaired) electrons. The minimum atomic E-state index is -3.94. The van der Waals surface area contributed by atoms with E-state index in [1.165, 1.54) is 12.3 Å². The smallest absolute Gasteiger partial charge is 0.347 e. The third-order valence-corrected chi connectivity index (χ3v) is 7.70. The summed E-state index contributed by atoms with van der Waals surface area (Å²) in [6.45, 7) is 6.87. The summed E-state index contributed by atoms with van der Waals surface area (Å²) in [5.74, 6) is 0.283. The van der Waals surface area contributed by atoms with E-state index in [9.17, 15) is 18.9 Å². The van der Waals surface area contributed by atoms with Crippen molar-refractivity contribution in [1.82, 2.24) is 9.55 Å². The zero-order chi connectivity index (χ0) is 22.3. The maximum absolute atomic E-state index is 12.9. The number of rotatable bonds is 5. The van der Waals surface area contributed by atoms with Crippen LogP contribution in [0.1, 0.15) is 33.9 Å². The molecule has 3 heterocycles. The number of aromatic amines is 1. The minimum Gasteiger partial charge on any atom is -0.347 e. The molecule has 0 aliphatic carbocycles. The van der Waals surface area contributed by atoms with Gasteiger partial charge in [0.1, 0.15) is 17.1 Å². The van der Waals surface area contributed by atoms with E-state index >= 15 is 0 Å². The van der Waals surface area contributed by atoms with Gasteiger partial charge in [0, 0.05) is 23.4 Å². The second kappa shape index (κ2) is 8.54. The molecule has 2 aliphatic rings. The quantitative estimate of drug-likeness (QED) is 0.382. The fourth-order valence-electron chi connectivity index (χ4n) is 3.02. The maximum atomic E-state index is 12.9. The molecule has 10 nitrogen and oxygen atoms in total. The summed E-state index contributed by atoms with van der Waals surface area (Å²) in [6.07, 6.45) is -1.32. The Balaban J connectivity index is 1.66. The molecular formula is C17H24ClN2O8PS. The fraction of sp³-hybridized carbons (Fsp3) is 0.706. The van der Waals surface area contributed by atoms with Crippen molar-refractivity contribution < 1.29 is 27.7 Å². The number of alkyl halides is 1. The van der Waals surface area contributed by atoms with Gasteiger partial charge in [-0.3, -0.25) is 32.7 Å². The average Bonchev–Trinajstić information content (AvgIpc) is 2.88. The van der Waals surface area contributed by atoms with Crippen LogP contribution >= 0.6 is 31.2 Å². The standard InChI is InChI=1S/C17H24ClN2O8PS/c1-16(2,3)14(22)30-8-7-25-29(24)26-9-10-12(28-29)17(4,18)13(27-10)20-6-5-11(21)19-15(20)23/h5-6,10,12-13H,7-9H2,1-4H3,(H,19,21,23). The van der Waals surface area contributed by atoms with Crippen LogP contribution in [0.3, 0.4) is 0 Å². The molecule has 5 unspecified atom stereocenters. The third-order valence-electron chi connectivity index (χ3n) is 4.60. The number of phosphoric ester groups is 1. The number of hydrogen-bond donors (Lipinski definition) is 1. The first-order valence-electron chi connectivity index (χ1n) is 9.24. The Morgan fingerprint density at radius 3 is 2.80 bits per heavy atom. The van der Waals surface area contributed by atoms with Crippen molar-refractivity contribution in [2.24, 2.45) is 5.41 Å². The van der Waals surface area contributed by atoms with Crippen LogP contribution < -0.4 is 11.2 Å². The van der Waals surface area contributed by atoms with Crippen molar-refractivity contribution in [3.05, 3.63) is 33.1 Å². The number of aromatic nitrogens is 2. The lowest BCUT2D eigenvalue weighted by atomic mass is 10.00. The monoisotopic (exact) mass is 482 g/mol. The average molecular weight is 483 g/mol. The first-order valence-corrected chi connectivity index (χ1v) is 12.1. The normalized spacial score (nSPS) is 34.0. The highest BCUT2D eigenvalue weighted by Crippen LogP contribution is 2.59. The zero-order valence-electron chi connectivity index (χ0n) is 17.0. The fourth-order valence-corrected chi connectivity index (χ4v) is 5.81. The number of hydrogen-bond acceptors (Lipinski definition) is 9. The predicted octanol–water partition coefficient (Wildman–Crippen LogP) is 2.28. The molecule has 2 aliphatic heterocycles. The SMILES string of the molecule is CC(C)(C)C(=O)SCCOP1(=O)OCC2OC(n3ccc(=O)[nH]c3=O)C(C)(Cl)C2O1. The van der Waals surface area contributed by atoms with Crippen molar-refractivity contribution in [3.8, 4) is 0 Å². The second-order valence-corrected chi connectivity index (χ2v) is 11.7. The molecule has 0 bridgehead atoms. The van der Waals surface area contributed by atoms with Gasteiger partial charge in [-0.2, -0.15) is 0 Å². The number of thioether (sulfide) groups is 1. The summed E-state index contributed by atoms with van der Waals surface area (Å²) >= 11 is 7.73. The Labute approximate surface area is 182 Å². The Kier molecular flexibility index (Phi) is 6.75. The molecule has 2 saturated heterocycles. The summed E-state index contributed by atoms with van der Waals surface area (Å²) in [4.78, 5) is 36.2. The highest BCUT2D eigenvalue weighted by atomic mass is 35.5. The molecule has 0 spiro atoms. The van der Waals surface area contributed by atoms with Gasteiger partial charge in [0.2, 0.25) is 0 Å². The molecular weight excluding hydrogens is 459 g/mol. The first-order chi connectivity index (χ1) is 13.8. The van der Waals surface area contributed by atoms with Crippen LogP contribution in [0.2, 0.25) is 0 Å². The van der Waals surface area contributed by atoms with E-state index in [-0.39, 0.29) is 24.1 Å². The van der Waals surface area contributed by atoms with Crippen molar-refractivity contribution >= 4 is 36.3 Å². The van der Waals surface area contributed by atoms with Crippen LogP contribution in [0.4, 0.5) is 0 Å². The molecule has 1 aromatic rings. The van der Waals surface area contributed by atoms with Crippen LogP contribution in [0.15, 0.2) is 21.9 Å². The van der Waals surface area contributed by atoms with Gasteiger partial charge in [0.25, 0.3) is 5.56 Å². The first kappa shape index (κ1) is 23.7. The van der Waals surface area contributed by atoms with E-state index in [4.69, 9.17) is 29.9 Å². The largest absolute Gasteiger partial charge is 0.475 e. The number of fused-ring (bicyclic) bond motifs is 1. The van der Waals surface area contributed by atoms with Crippen molar-refractivity contribution in [1.29, 1.82) is 0 Å². The lowest BCUT2D eigenvalue weighted by molar-refractivity contribution is -0.117. The van der Waals surface area contributed by atoms with Crippen molar-refractivity contribution in [2.75, 3.05) is 19.0 Å². The summed E-state index contributed by atoms with van der Waals surface area (Å²) in [7, 11) is -3.94. The number of nitrogens with zero attached hydrogens (tertiary/aromatic N) is 1. The molecule has 168 valence electrons. The Bertz CT molecular complexity index is 971. The molecule has 5 atom stereocenters. The lowest BCUT2D eigenvalue weighted by Crippen LogP contribution is -2.45. The van der Waals surface area contributed by atoms with Gasteiger partial charge >= 0.3 is 13.5 Å². The summed E-state index contributed by atoms with van der Waals surface area (Å²) in [6, 6.07) is 1.17. The van der Waals surface area contributed by atoms with Crippen molar-refractivity contribution in [2.45, 2.75) is 51.0 Å². The molecule has 13 heteroatoms. The van der Waals surface area contributed by atoms with E-state index < -0.39 is 47.8 Å². The second-order valence-electron chi connectivity index (χ2n) is 8.18. The zero-order valence-corrected chi connectivity index (χ0v) is 19.4. The topological polar surface area (TPSA) is 126 Å². The third kappa shape index (κ3) is 4.93. The van der Waals surface area contributed by atoms with E-state index in [0.717, 1.165) is 16.3 Å². The van der Waals surface area contributed by atoms with Gasteiger partial charge in [-0.05, 0) is 6.92 Å². The van der Waals surface area contributed by atoms with E-state index in [0.29, 0.717) is 0 Å². The van der Waals surface area contributed by atoms with E-state index in [2.05, 4.69) is 4.98 Å². The van der Waals surface area contributed by atoms with Crippen molar-refractivity contribution in [3.63, 3.8) is 0 Å². The summed E-state index contributed by atoms with van der Waals surface area (Å²) < 4.78 is 36.0. The number of nitrogens with one attached hydrogen (secondary N) is 1. The number of ether oxygens (including phenoxy) is 1. The molecule has 1 aromatic heterocycles. The summed E-state index contributed by atoms with van der Waals surface area (Å²) in [5.41, 5.74) is -1.74. The van der Waals surface area contributed by atoms with Crippen LogP contribution in [-0.4, -0.2) is 50.7 Å². The van der Waals surface area contributed by atoms with Crippen LogP contribution in [-0.2, 0) is 27.7 Å². The highest BCUT2D eigenvalue weighted by Gasteiger charge is 2.60. The molecule has 1 N–H and O–H groups in total. The van der Waals surface area contributed by atoms with E-state index in [1.54, 1.807) is 6.92 Å². The Morgan fingerprint density at radius 2 is 2.17 bits per heavy atom. The van der Waals surface area contributed by atoms with Crippen LogP contribution in [0.25, 0.3) is 0 Å². The van der Waals surface area contributed by atoms with Gasteiger partial charge in [0.05, 0.1) is 13.2 Å². The predicted molar refractivity (Wildman–Crippen MR) is 111 cm³/mol. The number of carbonyl (C=O) groups is 1. The molecule has 0 saturated carbocycles. The van der Waals surface area contributed by atoms with Gasteiger partial charge < -0.3 is 4.74 Å². The van der Waals surface area contributed by atoms with Crippen LogP contribution in [0, 0.1) is 5.41 Å². The molecule has 0 amide bonds. The summed E-state index contributed by atoms with van der Waals surface area (Å²) in [5, 5.41) is -0.0124. The van der Waals surface area contributed by atoms with Gasteiger partial charge in [-0.15, -0.1) is 11.6 Å². The highest BCUT2D eigenvalue weighted by molar-refractivity contribution is 8.13. The number of carbonyl (C=O) groups excluding carboxylic acids is 1. The lowest BCUT2D eigenvalue weighted by Gasteiger charge is -2.34. The number of phosphoric acid groups is 1. The molecule has 0 aromatic carbocycles. The number of halogens is 1. The number of H-pyrrole nitrogens is 1. The van der Waals surface area contributed by atoms with Crippen LogP contribution in [0.5, 0.6) is 0 Å². The van der Waals surface area contributed by atoms with Gasteiger partial charge in [0.15, 0.2) is 11.3 Å².